The van der Waals surface area contributed by atoms with Crippen LogP contribution in [-0.2, 0) is 11.3 Å². The summed E-state index contributed by atoms with van der Waals surface area (Å²) in [5.41, 5.74) is 0.990. The average Bonchev–Trinajstić information content (AvgIpc) is 2.69. The summed E-state index contributed by atoms with van der Waals surface area (Å²) in [6.07, 6.45) is 5.40. The molecule has 0 bridgehead atoms. The van der Waals surface area contributed by atoms with Crippen molar-refractivity contribution in [1.82, 2.24) is 4.98 Å². The van der Waals surface area contributed by atoms with Crippen molar-refractivity contribution >= 4 is 22.5 Å². The molecule has 1 saturated heterocycles. The van der Waals surface area contributed by atoms with E-state index in [1.165, 1.54) is 19.3 Å². The van der Waals surface area contributed by atoms with Gasteiger partial charge in [0, 0.05) is 13.1 Å². The van der Waals surface area contributed by atoms with E-state index in [0.29, 0.717) is 6.54 Å². The molecule has 0 aliphatic carbocycles. The number of nitrogens with zero attached hydrogens (tertiary/aromatic N) is 3. The summed E-state index contributed by atoms with van der Waals surface area (Å²) < 4.78 is 0. The fourth-order valence-electron chi connectivity index (χ4n) is 1.88. The Balaban J connectivity index is 2.12. The van der Waals surface area contributed by atoms with Gasteiger partial charge in [0.15, 0.2) is 5.13 Å². The Kier molecular flexibility index (Phi) is 3.70. The van der Waals surface area contributed by atoms with Crippen molar-refractivity contribution in [3.63, 3.8) is 0 Å². The summed E-state index contributed by atoms with van der Waals surface area (Å²) in [7, 11) is 0. The minimum atomic E-state index is 0.418. The molecular weight excluding hydrogens is 222 g/mol. The highest BCUT2D eigenvalue weighted by Crippen LogP contribution is 2.28. The SMILES string of the molecule is Cc1nc(N2CCCCC2)sc1CN=C=O. The zero-order chi connectivity index (χ0) is 11.4. The zero-order valence-corrected chi connectivity index (χ0v) is 10.2. The number of aliphatic imine (C=N–C) groups is 1. The molecule has 2 heterocycles. The van der Waals surface area contributed by atoms with Crippen molar-refractivity contribution in [3.05, 3.63) is 10.6 Å². The van der Waals surface area contributed by atoms with Crippen LogP contribution in [0.3, 0.4) is 0 Å². The summed E-state index contributed by atoms with van der Waals surface area (Å²) >= 11 is 1.65. The van der Waals surface area contributed by atoms with Gasteiger partial charge in [-0.15, -0.1) is 0 Å². The first-order valence-electron chi connectivity index (χ1n) is 5.56. The largest absolute Gasteiger partial charge is 0.348 e. The predicted molar refractivity (Wildman–Crippen MR) is 64.7 cm³/mol. The van der Waals surface area contributed by atoms with Crippen LogP contribution in [0.25, 0.3) is 0 Å². The third-order valence-electron chi connectivity index (χ3n) is 2.80. The molecule has 1 fully saturated rings. The fraction of sp³-hybridized carbons (Fsp3) is 0.636. The first-order valence-corrected chi connectivity index (χ1v) is 6.38. The van der Waals surface area contributed by atoms with Crippen molar-refractivity contribution in [2.45, 2.75) is 32.7 Å². The van der Waals surface area contributed by atoms with Gasteiger partial charge in [0.1, 0.15) is 0 Å². The van der Waals surface area contributed by atoms with E-state index in [1.807, 2.05) is 6.92 Å². The van der Waals surface area contributed by atoms with Gasteiger partial charge >= 0.3 is 0 Å². The molecule has 4 nitrogen and oxygen atoms in total. The van der Waals surface area contributed by atoms with Crippen LogP contribution in [-0.4, -0.2) is 24.2 Å². The molecule has 0 atom stereocenters. The standard InChI is InChI=1S/C11H15N3OS/c1-9-10(7-12-8-15)16-11(13-9)14-5-3-2-4-6-14/h2-7H2,1H3. The maximum Gasteiger partial charge on any atom is 0.235 e. The minimum absolute atomic E-state index is 0.418. The Hall–Kier alpha value is -1.19. The number of rotatable bonds is 3. The van der Waals surface area contributed by atoms with Crippen molar-refractivity contribution in [2.75, 3.05) is 18.0 Å². The molecule has 0 unspecified atom stereocenters. The predicted octanol–water partition coefficient (Wildman–Crippen LogP) is 2.28. The molecule has 0 spiro atoms. The van der Waals surface area contributed by atoms with Crippen molar-refractivity contribution in [3.8, 4) is 0 Å². The fourth-order valence-corrected chi connectivity index (χ4v) is 2.92. The number of carbonyl (C=O) groups excluding carboxylic acids is 1. The van der Waals surface area contributed by atoms with Crippen molar-refractivity contribution in [2.24, 2.45) is 4.99 Å². The summed E-state index contributed by atoms with van der Waals surface area (Å²) in [5, 5.41) is 1.08. The second-order valence-corrected chi connectivity index (χ2v) is 5.02. The number of thiazole rings is 1. The summed E-state index contributed by atoms with van der Waals surface area (Å²) in [6, 6.07) is 0. The number of piperidine rings is 1. The molecule has 1 aliphatic heterocycles. The molecule has 1 aliphatic rings. The lowest BCUT2D eigenvalue weighted by Gasteiger charge is -2.25. The molecule has 0 N–H and O–H groups in total. The number of hydrogen-bond acceptors (Lipinski definition) is 5. The van der Waals surface area contributed by atoms with E-state index in [9.17, 15) is 4.79 Å². The number of aromatic nitrogens is 1. The first-order chi connectivity index (χ1) is 7.81. The van der Waals surface area contributed by atoms with E-state index in [1.54, 1.807) is 17.4 Å². The monoisotopic (exact) mass is 237 g/mol. The minimum Gasteiger partial charge on any atom is -0.348 e. The highest BCUT2D eigenvalue weighted by Gasteiger charge is 2.16. The number of aryl methyl sites for hydroxylation is 1. The number of anilines is 1. The lowest BCUT2D eigenvalue weighted by atomic mass is 10.1. The quantitative estimate of drug-likeness (QED) is 0.598. The van der Waals surface area contributed by atoms with Crippen molar-refractivity contribution < 1.29 is 4.79 Å². The van der Waals surface area contributed by atoms with Gasteiger partial charge in [-0.1, -0.05) is 11.3 Å². The van der Waals surface area contributed by atoms with Gasteiger partial charge in [-0.05, 0) is 26.2 Å². The molecule has 1 aromatic heterocycles. The second kappa shape index (κ2) is 5.23. The smallest absolute Gasteiger partial charge is 0.235 e. The van der Waals surface area contributed by atoms with Crippen molar-refractivity contribution in [1.29, 1.82) is 0 Å². The van der Waals surface area contributed by atoms with E-state index in [0.717, 1.165) is 28.8 Å². The Morgan fingerprint density at radius 2 is 2.19 bits per heavy atom. The van der Waals surface area contributed by atoms with Gasteiger partial charge in [-0.25, -0.2) is 14.8 Å². The van der Waals surface area contributed by atoms with E-state index < -0.39 is 0 Å². The van der Waals surface area contributed by atoms with Gasteiger partial charge in [0.2, 0.25) is 6.08 Å². The normalized spacial score (nSPS) is 15.9. The highest BCUT2D eigenvalue weighted by molar-refractivity contribution is 7.15. The second-order valence-electron chi connectivity index (χ2n) is 3.96. The summed E-state index contributed by atoms with van der Waals surface area (Å²) in [4.78, 5) is 21.6. The van der Waals surface area contributed by atoms with E-state index in [4.69, 9.17) is 0 Å². The van der Waals surface area contributed by atoms with Crippen LogP contribution < -0.4 is 4.90 Å². The van der Waals surface area contributed by atoms with Gasteiger partial charge in [-0.2, -0.15) is 0 Å². The van der Waals surface area contributed by atoms with Crippen LogP contribution in [0.5, 0.6) is 0 Å². The molecule has 86 valence electrons. The van der Waals surface area contributed by atoms with Crippen LogP contribution >= 0.6 is 11.3 Å². The van der Waals surface area contributed by atoms with E-state index in [2.05, 4.69) is 14.9 Å². The highest BCUT2D eigenvalue weighted by atomic mass is 32.1. The van der Waals surface area contributed by atoms with Gasteiger partial charge < -0.3 is 4.90 Å². The van der Waals surface area contributed by atoms with Crippen LogP contribution in [0.4, 0.5) is 5.13 Å². The zero-order valence-electron chi connectivity index (χ0n) is 9.40. The van der Waals surface area contributed by atoms with Crippen LogP contribution in [0, 0.1) is 6.92 Å². The Labute approximate surface area is 99.0 Å². The Morgan fingerprint density at radius 1 is 1.44 bits per heavy atom. The Morgan fingerprint density at radius 3 is 2.88 bits per heavy atom. The van der Waals surface area contributed by atoms with Gasteiger partial charge in [0.05, 0.1) is 17.1 Å². The molecule has 5 heteroatoms. The lowest BCUT2D eigenvalue weighted by molar-refractivity contribution is 0.563. The topological polar surface area (TPSA) is 45.6 Å². The molecule has 16 heavy (non-hydrogen) atoms. The van der Waals surface area contributed by atoms with Gasteiger partial charge in [-0.3, -0.25) is 0 Å². The first kappa shape index (κ1) is 11.3. The average molecular weight is 237 g/mol. The Bertz CT molecular complexity index is 403. The third-order valence-corrected chi connectivity index (χ3v) is 4.00. The molecule has 2 rings (SSSR count). The van der Waals surface area contributed by atoms with Gasteiger partial charge in [0.25, 0.3) is 0 Å². The molecule has 0 amide bonds. The molecule has 1 aromatic rings. The molecule has 0 aromatic carbocycles. The maximum atomic E-state index is 10.1. The van der Waals surface area contributed by atoms with Crippen LogP contribution in [0.15, 0.2) is 4.99 Å². The molecule has 0 saturated carbocycles. The van der Waals surface area contributed by atoms with Crippen LogP contribution in [0.2, 0.25) is 0 Å². The molecule has 0 radical (unpaired) electrons. The number of hydrogen-bond donors (Lipinski definition) is 0. The third kappa shape index (κ3) is 2.49. The van der Waals surface area contributed by atoms with E-state index >= 15 is 0 Å². The summed E-state index contributed by atoms with van der Waals surface area (Å²) in [5.74, 6) is 0. The van der Waals surface area contributed by atoms with Crippen LogP contribution in [0.1, 0.15) is 29.8 Å². The number of isocyanates is 1. The summed E-state index contributed by atoms with van der Waals surface area (Å²) in [6.45, 7) is 4.59. The lowest BCUT2D eigenvalue weighted by Crippen LogP contribution is -2.29. The van der Waals surface area contributed by atoms with E-state index in [-0.39, 0.29) is 0 Å². The molecular formula is C11H15N3OS. The maximum absolute atomic E-state index is 10.1.